The number of thiophene rings is 1. The molecule has 0 bridgehead atoms. The first-order valence-electron chi connectivity index (χ1n) is 9.59. The minimum Gasteiger partial charge on any atom is -0.364 e. The van der Waals surface area contributed by atoms with Crippen LogP contribution in [-0.2, 0) is 13.0 Å². The lowest BCUT2D eigenvalue weighted by Gasteiger charge is -2.32. The van der Waals surface area contributed by atoms with Gasteiger partial charge in [0.25, 0.3) is 0 Å². The first kappa shape index (κ1) is 18.1. The van der Waals surface area contributed by atoms with Gasteiger partial charge in [-0.2, -0.15) is 4.98 Å². The Morgan fingerprint density at radius 3 is 2.78 bits per heavy atom. The summed E-state index contributed by atoms with van der Waals surface area (Å²) in [4.78, 5) is 20.3. The van der Waals surface area contributed by atoms with Crippen molar-refractivity contribution in [2.75, 3.05) is 43.4 Å². The predicted octanol–water partition coefficient (Wildman–Crippen LogP) is 3.40. The molecule has 0 saturated carbocycles. The van der Waals surface area contributed by atoms with Crippen molar-refractivity contribution in [3.63, 3.8) is 0 Å². The second-order valence-electron chi connectivity index (χ2n) is 7.04. The molecule has 0 aromatic carbocycles. The van der Waals surface area contributed by atoms with E-state index in [1.165, 1.54) is 4.88 Å². The SMILES string of the molecule is CCCc1cc2c(NCc3cccs3)nc(N3CCN(C)CC3)nc2cn1. The number of anilines is 2. The molecule has 0 unspecified atom stereocenters. The molecule has 1 fully saturated rings. The summed E-state index contributed by atoms with van der Waals surface area (Å²) >= 11 is 1.76. The van der Waals surface area contributed by atoms with Crippen LogP contribution in [0, 0.1) is 0 Å². The summed E-state index contributed by atoms with van der Waals surface area (Å²) in [6, 6.07) is 6.37. The number of aryl methyl sites for hydroxylation is 1. The van der Waals surface area contributed by atoms with E-state index in [0.717, 1.165) is 73.9 Å². The summed E-state index contributed by atoms with van der Waals surface area (Å²) in [6.07, 6.45) is 3.95. The maximum Gasteiger partial charge on any atom is 0.228 e. The van der Waals surface area contributed by atoms with Crippen molar-refractivity contribution in [3.05, 3.63) is 40.3 Å². The molecule has 6 nitrogen and oxygen atoms in total. The van der Waals surface area contributed by atoms with E-state index in [1.807, 2.05) is 6.20 Å². The number of piperazine rings is 1. The van der Waals surface area contributed by atoms with Gasteiger partial charge in [0.05, 0.1) is 18.3 Å². The molecule has 4 heterocycles. The van der Waals surface area contributed by atoms with Crippen molar-refractivity contribution in [1.29, 1.82) is 0 Å². The quantitative estimate of drug-likeness (QED) is 0.705. The second kappa shape index (κ2) is 8.19. The van der Waals surface area contributed by atoms with Gasteiger partial charge in [-0.1, -0.05) is 19.4 Å². The monoisotopic (exact) mass is 382 g/mol. The van der Waals surface area contributed by atoms with Gasteiger partial charge in [0.2, 0.25) is 5.95 Å². The number of hydrogen-bond acceptors (Lipinski definition) is 7. The topological polar surface area (TPSA) is 57.2 Å². The summed E-state index contributed by atoms with van der Waals surface area (Å²) in [5.41, 5.74) is 2.01. The van der Waals surface area contributed by atoms with Crippen molar-refractivity contribution in [3.8, 4) is 0 Å². The Bertz CT molecular complexity index is 887. The van der Waals surface area contributed by atoms with Gasteiger partial charge in [-0.3, -0.25) is 4.98 Å². The zero-order valence-corrected chi connectivity index (χ0v) is 16.8. The Labute approximate surface area is 164 Å². The van der Waals surface area contributed by atoms with Crippen LogP contribution in [-0.4, -0.2) is 53.1 Å². The first-order valence-corrected chi connectivity index (χ1v) is 10.5. The van der Waals surface area contributed by atoms with Gasteiger partial charge < -0.3 is 15.1 Å². The van der Waals surface area contributed by atoms with Crippen LogP contribution in [0.25, 0.3) is 10.9 Å². The molecule has 0 radical (unpaired) electrons. The van der Waals surface area contributed by atoms with Gasteiger partial charge in [-0.05, 0) is 31.0 Å². The van der Waals surface area contributed by atoms with Crippen LogP contribution in [0.2, 0.25) is 0 Å². The highest BCUT2D eigenvalue weighted by Crippen LogP contribution is 2.25. The number of aromatic nitrogens is 3. The molecule has 1 aliphatic heterocycles. The fourth-order valence-electron chi connectivity index (χ4n) is 3.32. The van der Waals surface area contributed by atoms with Crippen molar-refractivity contribution in [1.82, 2.24) is 19.9 Å². The van der Waals surface area contributed by atoms with Crippen molar-refractivity contribution in [2.45, 2.75) is 26.3 Å². The second-order valence-corrected chi connectivity index (χ2v) is 8.07. The zero-order chi connectivity index (χ0) is 18.6. The van der Waals surface area contributed by atoms with Crippen molar-refractivity contribution >= 4 is 34.0 Å². The Kier molecular flexibility index (Phi) is 5.50. The van der Waals surface area contributed by atoms with E-state index in [2.05, 4.69) is 57.7 Å². The van der Waals surface area contributed by atoms with E-state index in [-0.39, 0.29) is 0 Å². The molecule has 3 aromatic heterocycles. The summed E-state index contributed by atoms with van der Waals surface area (Å²) < 4.78 is 0. The Morgan fingerprint density at radius 1 is 1.19 bits per heavy atom. The van der Waals surface area contributed by atoms with E-state index in [4.69, 9.17) is 9.97 Å². The van der Waals surface area contributed by atoms with Crippen molar-refractivity contribution < 1.29 is 0 Å². The van der Waals surface area contributed by atoms with Gasteiger partial charge in [0.1, 0.15) is 5.82 Å². The molecule has 1 saturated heterocycles. The van der Waals surface area contributed by atoms with Gasteiger partial charge in [0, 0.05) is 42.1 Å². The first-order chi connectivity index (χ1) is 13.2. The number of hydrogen-bond donors (Lipinski definition) is 1. The van der Waals surface area contributed by atoms with Crippen LogP contribution < -0.4 is 10.2 Å². The van der Waals surface area contributed by atoms with E-state index >= 15 is 0 Å². The van der Waals surface area contributed by atoms with Crippen LogP contribution in [0.4, 0.5) is 11.8 Å². The summed E-state index contributed by atoms with van der Waals surface area (Å²) in [6.45, 7) is 6.92. The summed E-state index contributed by atoms with van der Waals surface area (Å²) in [5, 5.41) is 6.71. The number of likely N-dealkylation sites (N-methyl/N-ethyl adjacent to an activating group) is 1. The standard InChI is InChI=1S/C20H26N6S/c1-3-5-15-12-17-18(14-21-15)23-20(26-9-7-25(2)8-10-26)24-19(17)22-13-16-6-4-11-27-16/h4,6,11-12,14H,3,5,7-10,13H2,1-2H3,(H,22,23,24). The van der Waals surface area contributed by atoms with E-state index in [9.17, 15) is 0 Å². The van der Waals surface area contributed by atoms with Crippen LogP contribution >= 0.6 is 11.3 Å². The number of nitrogens with one attached hydrogen (secondary N) is 1. The van der Waals surface area contributed by atoms with Gasteiger partial charge in [0.15, 0.2) is 0 Å². The molecule has 0 atom stereocenters. The molecule has 142 valence electrons. The van der Waals surface area contributed by atoms with Crippen LogP contribution in [0.15, 0.2) is 29.8 Å². The molecule has 1 aliphatic rings. The smallest absolute Gasteiger partial charge is 0.228 e. The molecule has 7 heteroatoms. The lowest BCUT2D eigenvalue weighted by Crippen LogP contribution is -2.45. The maximum atomic E-state index is 4.91. The Morgan fingerprint density at radius 2 is 2.04 bits per heavy atom. The zero-order valence-electron chi connectivity index (χ0n) is 16.0. The molecule has 4 rings (SSSR count). The third-order valence-corrected chi connectivity index (χ3v) is 5.81. The number of nitrogens with zero attached hydrogens (tertiary/aromatic N) is 5. The number of fused-ring (bicyclic) bond motifs is 1. The van der Waals surface area contributed by atoms with E-state index in [1.54, 1.807) is 11.3 Å². The lowest BCUT2D eigenvalue weighted by atomic mass is 10.2. The van der Waals surface area contributed by atoms with Crippen molar-refractivity contribution in [2.24, 2.45) is 0 Å². The third-order valence-electron chi connectivity index (χ3n) is 4.93. The highest BCUT2D eigenvalue weighted by Gasteiger charge is 2.19. The molecule has 1 N–H and O–H groups in total. The summed E-state index contributed by atoms with van der Waals surface area (Å²) in [5.74, 6) is 1.71. The highest BCUT2D eigenvalue weighted by molar-refractivity contribution is 7.09. The fourth-order valence-corrected chi connectivity index (χ4v) is 3.97. The highest BCUT2D eigenvalue weighted by atomic mass is 32.1. The predicted molar refractivity (Wildman–Crippen MR) is 113 cm³/mol. The van der Waals surface area contributed by atoms with Gasteiger partial charge in [-0.25, -0.2) is 4.98 Å². The summed E-state index contributed by atoms with van der Waals surface area (Å²) in [7, 11) is 2.16. The fraction of sp³-hybridized carbons (Fsp3) is 0.450. The molecule has 0 spiro atoms. The maximum absolute atomic E-state index is 4.91. The average molecular weight is 383 g/mol. The van der Waals surface area contributed by atoms with Crippen LogP contribution in [0.5, 0.6) is 0 Å². The van der Waals surface area contributed by atoms with Crippen LogP contribution in [0.3, 0.4) is 0 Å². The molecule has 0 amide bonds. The Balaban J connectivity index is 1.68. The van der Waals surface area contributed by atoms with Gasteiger partial charge >= 0.3 is 0 Å². The Hall–Kier alpha value is -2.25. The molecular formula is C20H26N6S. The molecule has 27 heavy (non-hydrogen) atoms. The normalized spacial score (nSPS) is 15.4. The third kappa shape index (κ3) is 4.20. The molecule has 3 aromatic rings. The molecule has 0 aliphatic carbocycles. The minimum atomic E-state index is 0.775. The average Bonchev–Trinajstić information content (AvgIpc) is 3.20. The minimum absolute atomic E-state index is 0.775. The largest absolute Gasteiger partial charge is 0.364 e. The molecular weight excluding hydrogens is 356 g/mol. The lowest BCUT2D eigenvalue weighted by molar-refractivity contribution is 0.311. The van der Waals surface area contributed by atoms with E-state index in [0.29, 0.717) is 0 Å². The van der Waals surface area contributed by atoms with E-state index < -0.39 is 0 Å². The number of pyridine rings is 1. The van der Waals surface area contributed by atoms with Gasteiger partial charge in [-0.15, -0.1) is 11.3 Å². The number of rotatable bonds is 6. The van der Waals surface area contributed by atoms with Crippen LogP contribution in [0.1, 0.15) is 23.9 Å².